The first-order chi connectivity index (χ1) is 18.7. The first-order valence-corrected chi connectivity index (χ1v) is 14.1. The molecule has 2 fully saturated rings. The summed E-state index contributed by atoms with van der Waals surface area (Å²) in [5.74, 6) is 2.46. The maximum atomic E-state index is 11.9. The van der Waals surface area contributed by atoms with Gasteiger partial charge in [-0.15, -0.1) is 0 Å². The Morgan fingerprint density at radius 2 is 1.33 bits per heavy atom. The summed E-state index contributed by atoms with van der Waals surface area (Å²) in [6.07, 6.45) is 5.75. The van der Waals surface area contributed by atoms with Gasteiger partial charge in [0.25, 0.3) is 0 Å². The number of carbonyl (C=O) groups is 2. The number of aromatic nitrogens is 3. The molecule has 3 heterocycles. The minimum Gasteiger partial charge on any atom is -0.310 e. The van der Waals surface area contributed by atoms with Crippen LogP contribution in [-0.2, 0) is 9.59 Å². The minimum absolute atomic E-state index is 0.0774. The number of hydrogen-bond donors (Lipinski definition) is 2. The molecule has 6 rings (SSSR count). The molecule has 0 atom stereocenters. The standard InChI is InChI=1S/C16H17ClN2O.C15H17N3O/c1-9(2)11-8-14(19-16(20)10-6-7-10)18-13-5-3-4-12(17)15(11)13;1-9(2)11-8-13(18-15(19)10-5-6-10)17-12-4-3-7-16-14(11)12/h3-5,8-10H,6-7H2,1-2H3,(H,18,19,20);3-4,7-10H,5-6H2,1-2H3,(H,17,18,19). The number of hydrogen-bond acceptors (Lipinski definition) is 5. The average Bonchev–Trinajstić information content (AvgIpc) is 3.81. The summed E-state index contributed by atoms with van der Waals surface area (Å²) in [6, 6.07) is 13.4. The second kappa shape index (κ2) is 11.3. The molecule has 202 valence electrons. The molecule has 2 saturated carbocycles. The van der Waals surface area contributed by atoms with Gasteiger partial charge in [-0.05, 0) is 85.0 Å². The molecule has 2 amide bonds. The number of nitrogens with zero attached hydrogens (tertiary/aromatic N) is 3. The van der Waals surface area contributed by atoms with Gasteiger partial charge in [0.1, 0.15) is 11.6 Å². The molecule has 2 aliphatic carbocycles. The van der Waals surface area contributed by atoms with Crippen molar-refractivity contribution in [1.82, 2.24) is 15.0 Å². The molecule has 1 aromatic carbocycles. The van der Waals surface area contributed by atoms with E-state index in [1.54, 1.807) is 6.20 Å². The van der Waals surface area contributed by atoms with Gasteiger partial charge in [0.2, 0.25) is 11.8 Å². The van der Waals surface area contributed by atoms with E-state index in [0.29, 0.717) is 28.5 Å². The van der Waals surface area contributed by atoms with E-state index in [-0.39, 0.29) is 23.7 Å². The number of nitrogens with one attached hydrogen (secondary N) is 2. The first-order valence-electron chi connectivity index (χ1n) is 13.7. The maximum absolute atomic E-state index is 11.9. The molecule has 8 heteroatoms. The smallest absolute Gasteiger partial charge is 0.228 e. The van der Waals surface area contributed by atoms with Crippen molar-refractivity contribution in [1.29, 1.82) is 0 Å². The SMILES string of the molecule is CC(C)c1cc(NC(=O)C2CC2)nc2cccc(Cl)c12.CC(C)c1cc(NC(=O)C2CC2)nc2cccnc12. The molecule has 7 nitrogen and oxygen atoms in total. The predicted octanol–water partition coefficient (Wildman–Crippen LogP) is 7.46. The number of anilines is 2. The molecule has 3 aromatic heterocycles. The molecule has 0 aliphatic heterocycles. The number of halogens is 1. The van der Waals surface area contributed by atoms with Gasteiger partial charge in [0.05, 0.1) is 21.6 Å². The number of rotatable bonds is 6. The highest BCUT2D eigenvalue weighted by Crippen LogP contribution is 2.34. The van der Waals surface area contributed by atoms with Crippen molar-refractivity contribution < 1.29 is 9.59 Å². The van der Waals surface area contributed by atoms with Crippen LogP contribution in [0.3, 0.4) is 0 Å². The molecule has 0 radical (unpaired) electrons. The van der Waals surface area contributed by atoms with Crippen LogP contribution in [0, 0.1) is 11.8 Å². The van der Waals surface area contributed by atoms with Crippen LogP contribution in [0.15, 0.2) is 48.7 Å². The predicted molar refractivity (Wildman–Crippen MR) is 157 cm³/mol. The third-order valence-electron chi connectivity index (χ3n) is 7.05. The fourth-order valence-electron chi connectivity index (χ4n) is 4.53. The molecule has 2 aliphatic rings. The Morgan fingerprint density at radius 3 is 1.90 bits per heavy atom. The van der Waals surface area contributed by atoms with Crippen LogP contribution in [0.1, 0.15) is 76.3 Å². The van der Waals surface area contributed by atoms with Gasteiger partial charge in [0, 0.05) is 23.4 Å². The van der Waals surface area contributed by atoms with Crippen molar-refractivity contribution >= 4 is 57.0 Å². The molecule has 4 aromatic rings. The van der Waals surface area contributed by atoms with Gasteiger partial charge in [-0.1, -0.05) is 45.4 Å². The van der Waals surface area contributed by atoms with E-state index in [4.69, 9.17) is 11.6 Å². The van der Waals surface area contributed by atoms with Crippen molar-refractivity contribution in [3.63, 3.8) is 0 Å². The van der Waals surface area contributed by atoms with Gasteiger partial charge in [-0.2, -0.15) is 0 Å². The van der Waals surface area contributed by atoms with Gasteiger partial charge in [0.15, 0.2) is 0 Å². The second-order valence-corrected chi connectivity index (χ2v) is 11.4. The van der Waals surface area contributed by atoms with Gasteiger partial charge >= 0.3 is 0 Å². The molecule has 39 heavy (non-hydrogen) atoms. The lowest BCUT2D eigenvalue weighted by atomic mass is 9.98. The van der Waals surface area contributed by atoms with Crippen molar-refractivity contribution in [3.05, 3.63) is 64.8 Å². The van der Waals surface area contributed by atoms with Crippen molar-refractivity contribution in [2.75, 3.05) is 10.6 Å². The Labute approximate surface area is 233 Å². The lowest BCUT2D eigenvalue weighted by Gasteiger charge is -2.14. The highest BCUT2D eigenvalue weighted by atomic mass is 35.5. The molecular formula is C31H34ClN5O2. The van der Waals surface area contributed by atoms with Crippen LogP contribution in [0.4, 0.5) is 11.6 Å². The Bertz CT molecular complexity index is 1540. The third-order valence-corrected chi connectivity index (χ3v) is 7.36. The molecule has 0 spiro atoms. The van der Waals surface area contributed by atoms with E-state index in [2.05, 4.69) is 53.3 Å². The fraction of sp³-hybridized carbons (Fsp3) is 0.387. The van der Waals surface area contributed by atoms with Crippen molar-refractivity contribution in [3.8, 4) is 0 Å². The van der Waals surface area contributed by atoms with Crippen LogP contribution in [-0.4, -0.2) is 26.8 Å². The molecule has 0 unspecified atom stereocenters. The number of carbonyl (C=O) groups excluding carboxylic acids is 2. The van der Waals surface area contributed by atoms with Crippen molar-refractivity contribution in [2.24, 2.45) is 11.8 Å². The number of benzene rings is 1. The van der Waals surface area contributed by atoms with Crippen LogP contribution in [0.5, 0.6) is 0 Å². The van der Waals surface area contributed by atoms with Crippen LogP contribution in [0.2, 0.25) is 5.02 Å². The van der Waals surface area contributed by atoms with Gasteiger partial charge in [-0.3, -0.25) is 14.6 Å². The summed E-state index contributed by atoms with van der Waals surface area (Å²) in [4.78, 5) is 37.1. The highest BCUT2D eigenvalue weighted by molar-refractivity contribution is 6.35. The summed E-state index contributed by atoms with van der Waals surface area (Å²) >= 11 is 6.30. The maximum Gasteiger partial charge on any atom is 0.228 e. The molecule has 2 N–H and O–H groups in total. The van der Waals surface area contributed by atoms with E-state index in [1.165, 1.54) is 0 Å². The fourth-order valence-corrected chi connectivity index (χ4v) is 4.81. The Kier molecular flexibility index (Phi) is 7.80. The summed E-state index contributed by atoms with van der Waals surface area (Å²) in [7, 11) is 0. The summed E-state index contributed by atoms with van der Waals surface area (Å²) in [5.41, 5.74) is 4.82. The van der Waals surface area contributed by atoms with Gasteiger partial charge in [-0.25, -0.2) is 9.97 Å². The lowest BCUT2D eigenvalue weighted by molar-refractivity contribution is -0.118. The Morgan fingerprint density at radius 1 is 0.795 bits per heavy atom. The Hall–Kier alpha value is -3.58. The third kappa shape index (κ3) is 6.36. The first kappa shape index (κ1) is 27.0. The summed E-state index contributed by atoms with van der Waals surface area (Å²) in [5, 5.41) is 7.52. The zero-order chi connectivity index (χ0) is 27.7. The average molecular weight is 544 g/mol. The lowest BCUT2D eigenvalue weighted by Crippen LogP contribution is -2.15. The molecular weight excluding hydrogens is 510 g/mol. The summed E-state index contributed by atoms with van der Waals surface area (Å²) in [6.45, 7) is 8.47. The number of fused-ring (bicyclic) bond motifs is 2. The van der Waals surface area contributed by atoms with E-state index in [9.17, 15) is 9.59 Å². The van der Waals surface area contributed by atoms with Crippen molar-refractivity contribution in [2.45, 2.75) is 65.2 Å². The zero-order valence-electron chi connectivity index (χ0n) is 22.8. The van der Waals surface area contributed by atoms with Crippen LogP contribution >= 0.6 is 11.6 Å². The quantitative estimate of drug-likeness (QED) is 0.263. The minimum atomic E-state index is 0.0774. The van der Waals surface area contributed by atoms with E-state index in [0.717, 1.165) is 58.7 Å². The second-order valence-electron chi connectivity index (χ2n) is 11.0. The zero-order valence-corrected chi connectivity index (χ0v) is 23.5. The monoisotopic (exact) mass is 543 g/mol. The van der Waals surface area contributed by atoms with Crippen LogP contribution in [0.25, 0.3) is 21.9 Å². The number of pyridine rings is 3. The number of amides is 2. The van der Waals surface area contributed by atoms with E-state index >= 15 is 0 Å². The Balaban J connectivity index is 0.000000158. The van der Waals surface area contributed by atoms with E-state index in [1.807, 2.05) is 42.5 Å². The summed E-state index contributed by atoms with van der Waals surface area (Å²) < 4.78 is 0. The largest absolute Gasteiger partial charge is 0.310 e. The van der Waals surface area contributed by atoms with Crippen LogP contribution < -0.4 is 10.6 Å². The molecule has 0 bridgehead atoms. The van der Waals surface area contributed by atoms with Gasteiger partial charge < -0.3 is 10.6 Å². The normalized spacial score (nSPS) is 14.8. The molecule has 0 saturated heterocycles. The van der Waals surface area contributed by atoms with E-state index < -0.39 is 0 Å². The highest BCUT2D eigenvalue weighted by Gasteiger charge is 2.30. The topological polar surface area (TPSA) is 96.9 Å².